The molecule has 3 heteroatoms. The average Bonchev–Trinajstić information content (AvgIpc) is 2.78. The number of carbonyl (C=O) groups excluding carboxylic acids is 1. The van der Waals surface area contributed by atoms with Crippen molar-refractivity contribution in [1.82, 2.24) is 0 Å². The molecule has 0 bridgehead atoms. The maximum atomic E-state index is 11.9. The summed E-state index contributed by atoms with van der Waals surface area (Å²) < 4.78 is 0. The first-order valence-corrected chi connectivity index (χ1v) is 5.27. The van der Waals surface area contributed by atoms with E-state index in [2.05, 4.69) is 0 Å². The highest BCUT2D eigenvalue weighted by Gasteiger charge is 2.10. The smallest absolute Gasteiger partial charge is 0.193 e. The Kier molecular flexibility index (Phi) is 2.61. The van der Waals surface area contributed by atoms with Gasteiger partial charge in [0.05, 0.1) is 0 Å². The van der Waals surface area contributed by atoms with Crippen molar-refractivity contribution in [3.8, 4) is 6.07 Å². The first-order chi connectivity index (χ1) is 7.31. The van der Waals surface area contributed by atoms with Gasteiger partial charge in [-0.2, -0.15) is 5.26 Å². The third-order valence-corrected chi connectivity index (χ3v) is 2.84. The van der Waals surface area contributed by atoms with E-state index in [0.717, 1.165) is 0 Å². The summed E-state index contributed by atoms with van der Waals surface area (Å²) >= 11 is 1.29. The zero-order valence-corrected chi connectivity index (χ0v) is 8.62. The zero-order chi connectivity index (χ0) is 10.7. The van der Waals surface area contributed by atoms with Gasteiger partial charge in [-0.25, -0.2) is 0 Å². The van der Waals surface area contributed by atoms with Gasteiger partial charge in [-0.1, -0.05) is 30.3 Å². The Morgan fingerprint density at radius 3 is 2.53 bits per heavy atom. The number of hydrogen-bond donors (Lipinski definition) is 0. The molecule has 1 aromatic heterocycles. The molecule has 0 fully saturated rings. The molecule has 0 aliphatic heterocycles. The van der Waals surface area contributed by atoms with Crippen LogP contribution in [-0.4, -0.2) is 5.78 Å². The van der Waals surface area contributed by atoms with Crippen LogP contribution in [0.3, 0.4) is 0 Å². The summed E-state index contributed by atoms with van der Waals surface area (Å²) in [6.07, 6.45) is 0. The first-order valence-electron chi connectivity index (χ1n) is 4.39. The average molecular weight is 213 g/mol. The predicted molar refractivity (Wildman–Crippen MR) is 58.9 cm³/mol. The lowest BCUT2D eigenvalue weighted by molar-refractivity contribution is 0.103. The van der Waals surface area contributed by atoms with Crippen LogP contribution in [0.4, 0.5) is 0 Å². The SMILES string of the molecule is N#Cc1cc(C(=O)c2ccccc2)cs1. The standard InChI is InChI=1S/C12H7NOS/c13-7-11-6-10(8-15-11)12(14)9-4-2-1-3-5-9/h1-6,8H. The monoisotopic (exact) mass is 213 g/mol. The Bertz CT molecular complexity index is 522. The number of benzene rings is 1. The Labute approximate surface area is 91.4 Å². The van der Waals surface area contributed by atoms with Crippen LogP contribution in [-0.2, 0) is 0 Å². The van der Waals surface area contributed by atoms with Crippen molar-refractivity contribution in [2.24, 2.45) is 0 Å². The second kappa shape index (κ2) is 4.07. The van der Waals surface area contributed by atoms with Crippen molar-refractivity contribution >= 4 is 17.1 Å². The maximum absolute atomic E-state index is 11.9. The number of thiophene rings is 1. The van der Waals surface area contributed by atoms with E-state index in [0.29, 0.717) is 16.0 Å². The molecule has 0 unspecified atom stereocenters. The van der Waals surface area contributed by atoms with Crippen LogP contribution in [0.1, 0.15) is 20.8 Å². The van der Waals surface area contributed by atoms with Crippen LogP contribution in [0, 0.1) is 11.3 Å². The minimum absolute atomic E-state index is 0.0339. The third kappa shape index (κ3) is 1.95. The second-order valence-electron chi connectivity index (χ2n) is 3.01. The van der Waals surface area contributed by atoms with E-state index in [-0.39, 0.29) is 5.78 Å². The highest BCUT2D eigenvalue weighted by molar-refractivity contribution is 7.10. The van der Waals surface area contributed by atoms with Gasteiger partial charge in [-0.05, 0) is 6.07 Å². The van der Waals surface area contributed by atoms with Gasteiger partial charge in [0.15, 0.2) is 5.78 Å². The molecule has 0 saturated heterocycles. The van der Waals surface area contributed by atoms with E-state index in [1.165, 1.54) is 11.3 Å². The number of carbonyl (C=O) groups is 1. The highest BCUT2D eigenvalue weighted by Crippen LogP contribution is 2.17. The van der Waals surface area contributed by atoms with Gasteiger partial charge in [0.1, 0.15) is 10.9 Å². The molecule has 0 spiro atoms. The summed E-state index contributed by atoms with van der Waals surface area (Å²) in [5.74, 6) is -0.0339. The van der Waals surface area contributed by atoms with Crippen LogP contribution >= 0.6 is 11.3 Å². The summed E-state index contributed by atoms with van der Waals surface area (Å²) in [6.45, 7) is 0. The van der Waals surface area contributed by atoms with Gasteiger partial charge in [0.25, 0.3) is 0 Å². The number of hydrogen-bond acceptors (Lipinski definition) is 3. The molecule has 0 aliphatic rings. The van der Waals surface area contributed by atoms with Crippen molar-refractivity contribution in [2.75, 3.05) is 0 Å². The molecule has 15 heavy (non-hydrogen) atoms. The fourth-order valence-corrected chi connectivity index (χ4v) is 1.95. The lowest BCUT2D eigenvalue weighted by Crippen LogP contribution is -1.98. The minimum atomic E-state index is -0.0339. The van der Waals surface area contributed by atoms with Gasteiger partial charge in [-0.15, -0.1) is 11.3 Å². The molecule has 0 amide bonds. The van der Waals surface area contributed by atoms with Crippen LogP contribution < -0.4 is 0 Å². The molecular weight excluding hydrogens is 206 g/mol. The molecule has 0 N–H and O–H groups in total. The minimum Gasteiger partial charge on any atom is -0.289 e. The number of rotatable bonds is 2. The molecule has 0 aliphatic carbocycles. The van der Waals surface area contributed by atoms with Gasteiger partial charge in [0, 0.05) is 16.5 Å². The molecule has 1 heterocycles. The highest BCUT2D eigenvalue weighted by atomic mass is 32.1. The number of ketones is 1. The van der Waals surface area contributed by atoms with Crippen LogP contribution in [0.25, 0.3) is 0 Å². The summed E-state index contributed by atoms with van der Waals surface area (Å²) in [5.41, 5.74) is 1.24. The van der Waals surface area contributed by atoms with E-state index in [9.17, 15) is 4.79 Å². The van der Waals surface area contributed by atoms with E-state index >= 15 is 0 Å². The quantitative estimate of drug-likeness (QED) is 0.720. The number of nitriles is 1. The molecular formula is C12H7NOS. The molecule has 2 rings (SSSR count). The maximum Gasteiger partial charge on any atom is 0.193 e. The van der Waals surface area contributed by atoms with Gasteiger partial charge >= 0.3 is 0 Å². The summed E-state index contributed by atoms with van der Waals surface area (Å²) in [5, 5.41) is 10.4. The molecule has 2 aromatic rings. The largest absolute Gasteiger partial charge is 0.289 e. The van der Waals surface area contributed by atoms with Gasteiger partial charge in [0.2, 0.25) is 0 Å². The molecule has 1 aromatic carbocycles. The van der Waals surface area contributed by atoms with E-state index in [4.69, 9.17) is 5.26 Å². The van der Waals surface area contributed by atoms with Crippen LogP contribution in [0.15, 0.2) is 41.8 Å². The van der Waals surface area contributed by atoms with E-state index < -0.39 is 0 Å². The third-order valence-electron chi connectivity index (χ3n) is 2.01. The van der Waals surface area contributed by atoms with Crippen LogP contribution in [0.5, 0.6) is 0 Å². The van der Waals surface area contributed by atoms with Crippen molar-refractivity contribution in [2.45, 2.75) is 0 Å². The summed E-state index contributed by atoms with van der Waals surface area (Å²) in [4.78, 5) is 12.4. The Morgan fingerprint density at radius 2 is 1.93 bits per heavy atom. The topological polar surface area (TPSA) is 40.9 Å². The fourth-order valence-electron chi connectivity index (χ4n) is 1.27. The fraction of sp³-hybridized carbons (Fsp3) is 0. The Morgan fingerprint density at radius 1 is 1.20 bits per heavy atom. The van der Waals surface area contributed by atoms with Gasteiger partial charge in [-0.3, -0.25) is 4.79 Å². The predicted octanol–water partition coefficient (Wildman–Crippen LogP) is 2.85. The first kappa shape index (κ1) is 9.63. The normalized spacial score (nSPS) is 9.53. The lowest BCUT2D eigenvalue weighted by atomic mass is 10.1. The van der Waals surface area contributed by atoms with Crippen molar-refractivity contribution in [3.05, 3.63) is 57.8 Å². The molecule has 0 atom stereocenters. The van der Waals surface area contributed by atoms with E-state index in [1.54, 1.807) is 23.6 Å². The van der Waals surface area contributed by atoms with Gasteiger partial charge < -0.3 is 0 Å². The van der Waals surface area contributed by atoms with Crippen LogP contribution in [0.2, 0.25) is 0 Å². The molecule has 0 saturated carbocycles. The van der Waals surface area contributed by atoms with Crippen molar-refractivity contribution < 1.29 is 4.79 Å². The van der Waals surface area contributed by atoms with Crippen molar-refractivity contribution in [1.29, 1.82) is 5.26 Å². The summed E-state index contributed by atoms with van der Waals surface area (Å²) in [6, 6.07) is 12.7. The molecule has 0 radical (unpaired) electrons. The van der Waals surface area contributed by atoms with Crippen molar-refractivity contribution in [3.63, 3.8) is 0 Å². The zero-order valence-electron chi connectivity index (χ0n) is 7.81. The lowest BCUT2D eigenvalue weighted by Gasteiger charge is -1.95. The summed E-state index contributed by atoms with van der Waals surface area (Å²) in [7, 11) is 0. The molecule has 72 valence electrons. The molecule has 2 nitrogen and oxygen atoms in total. The Hall–Kier alpha value is -1.92. The van der Waals surface area contributed by atoms with E-state index in [1.807, 2.05) is 24.3 Å². The Balaban J connectivity index is 2.34. The second-order valence-corrected chi connectivity index (χ2v) is 3.92. The number of nitrogens with zero attached hydrogens (tertiary/aromatic N) is 1.